The van der Waals surface area contributed by atoms with Crippen molar-refractivity contribution in [2.75, 3.05) is 19.0 Å². The molecule has 0 bridgehead atoms. The Hall–Kier alpha value is -3.32. The number of anilines is 1. The van der Waals surface area contributed by atoms with Crippen molar-refractivity contribution in [1.82, 2.24) is 14.9 Å². The van der Waals surface area contributed by atoms with Crippen LogP contribution in [-0.4, -0.2) is 40.8 Å². The molecule has 0 spiro atoms. The fourth-order valence-corrected chi connectivity index (χ4v) is 3.88. The van der Waals surface area contributed by atoms with Gasteiger partial charge in [0.2, 0.25) is 5.91 Å². The lowest BCUT2D eigenvalue weighted by atomic mass is 9.95. The molecule has 3 aromatic rings. The molecule has 0 N–H and O–H groups in total. The van der Waals surface area contributed by atoms with Gasteiger partial charge in [-0.15, -0.1) is 0 Å². The Morgan fingerprint density at radius 3 is 2.84 bits per heavy atom. The van der Waals surface area contributed by atoms with Crippen LogP contribution in [0.5, 0.6) is 0 Å². The maximum atomic E-state index is 14.9. The zero-order chi connectivity index (χ0) is 22.1. The summed E-state index contributed by atoms with van der Waals surface area (Å²) in [6.07, 6.45) is 5.70. The highest BCUT2D eigenvalue weighted by atomic mass is 35.5. The van der Waals surface area contributed by atoms with Crippen LogP contribution in [0.15, 0.2) is 48.9 Å². The topological polar surface area (TPSA) is 66.4 Å². The predicted molar refractivity (Wildman–Crippen MR) is 116 cm³/mol. The van der Waals surface area contributed by atoms with Crippen LogP contribution in [0.2, 0.25) is 5.02 Å². The number of benzene rings is 1. The molecule has 4 rings (SSSR count). The largest absolute Gasteiger partial charge is 0.336 e. The fourth-order valence-electron chi connectivity index (χ4n) is 3.68. The number of nitrogens with zero attached hydrogens (tertiary/aromatic N) is 4. The molecule has 1 aliphatic rings. The van der Waals surface area contributed by atoms with E-state index in [4.69, 9.17) is 11.6 Å². The summed E-state index contributed by atoms with van der Waals surface area (Å²) in [7, 11) is 3.30. The normalized spacial score (nSPS) is 13.2. The van der Waals surface area contributed by atoms with Crippen molar-refractivity contribution in [2.24, 2.45) is 0 Å². The number of carbonyl (C=O) groups excluding carboxylic acids is 2. The maximum absolute atomic E-state index is 14.9. The first-order valence-corrected chi connectivity index (χ1v) is 10.1. The Kier molecular flexibility index (Phi) is 5.69. The summed E-state index contributed by atoms with van der Waals surface area (Å²) < 4.78 is 14.9. The lowest BCUT2D eigenvalue weighted by Gasteiger charge is -2.26. The number of fused-ring (bicyclic) bond motifs is 1. The molecule has 2 aromatic heterocycles. The Labute approximate surface area is 184 Å². The molecule has 0 unspecified atom stereocenters. The molecule has 8 heteroatoms. The van der Waals surface area contributed by atoms with Gasteiger partial charge in [0.25, 0.3) is 5.91 Å². The Bertz CT molecular complexity index is 1180. The third-order valence-corrected chi connectivity index (χ3v) is 5.65. The minimum Gasteiger partial charge on any atom is -0.336 e. The lowest BCUT2D eigenvalue weighted by Crippen LogP contribution is -2.31. The first kappa shape index (κ1) is 20.9. The lowest BCUT2D eigenvalue weighted by molar-refractivity contribution is -0.118. The zero-order valence-electron chi connectivity index (χ0n) is 17.1. The zero-order valence-corrected chi connectivity index (χ0v) is 17.9. The molecule has 1 aliphatic heterocycles. The van der Waals surface area contributed by atoms with Crippen molar-refractivity contribution in [3.63, 3.8) is 0 Å². The number of hydrogen-bond donors (Lipinski definition) is 0. The molecular formula is C23H20ClFN4O2. The standard InChI is InChI=1S/C23H20ClFN4O2/c1-28(23(31)22-18(24)4-3-7-27-22)13-14-8-16(12-26-11-14)17-9-15-5-6-21(30)29(2)20(15)10-19(17)25/h3-4,7-12H,5-6,13H2,1-2H3. The average molecular weight is 439 g/mol. The van der Waals surface area contributed by atoms with E-state index >= 15 is 0 Å². The summed E-state index contributed by atoms with van der Waals surface area (Å²) in [5.74, 6) is -0.767. The highest BCUT2D eigenvalue weighted by Crippen LogP contribution is 2.34. The quantitative estimate of drug-likeness (QED) is 0.614. The highest BCUT2D eigenvalue weighted by Gasteiger charge is 2.23. The summed E-state index contributed by atoms with van der Waals surface area (Å²) in [6.45, 7) is 0.260. The first-order valence-electron chi connectivity index (χ1n) is 9.74. The second-order valence-corrected chi connectivity index (χ2v) is 7.90. The van der Waals surface area contributed by atoms with E-state index in [2.05, 4.69) is 9.97 Å². The van der Waals surface area contributed by atoms with Crippen LogP contribution in [0.4, 0.5) is 10.1 Å². The molecule has 0 saturated heterocycles. The van der Waals surface area contributed by atoms with E-state index in [1.54, 1.807) is 50.8 Å². The van der Waals surface area contributed by atoms with Crippen LogP contribution >= 0.6 is 11.6 Å². The predicted octanol–water partition coefficient (Wildman–Crippen LogP) is 4.12. The van der Waals surface area contributed by atoms with Gasteiger partial charge in [0.15, 0.2) is 0 Å². The molecule has 158 valence electrons. The molecule has 2 amide bonds. The number of hydrogen-bond acceptors (Lipinski definition) is 4. The summed E-state index contributed by atoms with van der Waals surface area (Å²) in [5, 5.41) is 0.283. The van der Waals surface area contributed by atoms with Crippen molar-refractivity contribution in [3.8, 4) is 11.1 Å². The van der Waals surface area contributed by atoms with Crippen LogP contribution in [0.1, 0.15) is 28.0 Å². The third kappa shape index (κ3) is 4.14. The summed E-state index contributed by atoms with van der Waals surface area (Å²) in [6, 6.07) is 8.25. The van der Waals surface area contributed by atoms with Gasteiger partial charge in [0.05, 0.1) is 5.02 Å². The molecule has 31 heavy (non-hydrogen) atoms. The van der Waals surface area contributed by atoms with Crippen LogP contribution < -0.4 is 4.90 Å². The van der Waals surface area contributed by atoms with Crippen molar-refractivity contribution in [3.05, 3.63) is 76.6 Å². The van der Waals surface area contributed by atoms with Gasteiger partial charge in [-0.25, -0.2) is 9.37 Å². The molecular weight excluding hydrogens is 419 g/mol. The monoisotopic (exact) mass is 438 g/mol. The smallest absolute Gasteiger partial charge is 0.274 e. The van der Waals surface area contributed by atoms with Crippen LogP contribution in [0.3, 0.4) is 0 Å². The molecule has 3 heterocycles. The molecule has 0 radical (unpaired) electrons. The van der Waals surface area contributed by atoms with E-state index in [1.165, 1.54) is 22.1 Å². The van der Waals surface area contributed by atoms with Gasteiger partial charge < -0.3 is 9.80 Å². The van der Waals surface area contributed by atoms with E-state index in [0.29, 0.717) is 29.7 Å². The number of amides is 2. The molecule has 6 nitrogen and oxygen atoms in total. The average Bonchev–Trinajstić information content (AvgIpc) is 2.76. The Morgan fingerprint density at radius 2 is 2.06 bits per heavy atom. The van der Waals surface area contributed by atoms with Crippen molar-refractivity contribution in [1.29, 1.82) is 0 Å². The number of aryl methyl sites for hydroxylation is 1. The SMILES string of the molecule is CN(Cc1cncc(-c2cc3c(cc2F)N(C)C(=O)CC3)c1)C(=O)c1ncccc1Cl. The fraction of sp³-hybridized carbons (Fsp3) is 0.217. The Morgan fingerprint density at radius 1 is 1.26 bits per heavy atom. The molecule has 0 fully saturated rings. The van der Waals surface area contributed by atoms with E-state index in [0.717, 1.165) is 11.1 Å². The summed E-state index contributed by atoms with van der Waals surface area (Å²) in [5.41, 5.74) is 3.45. The van der Waals surface area contributed by atoms with Gasteiger partial charge in [0.1, 0.15) is 11.5 Å². The number of carbonyl (C=O) groups is 2. The number of rotatable bonds is 4. The third-order valence-electron chi connectivity index (χ3n) is 5.35. The van der Waals surface area contributed by atoms with Crippen molar-refractivity contribution < 1.29 is 14.0 Å². The van der Waals surface area contributed by atoms with Gasteiger partial charge in [-0.3, -0.25) is 14.6 Å². The van der Waals surface area contributed by atoms with Crippen molar-refractivity contribution in [2.45, 2.75) is 19.4 Å². The number of halogens is 2. The molecule has 0 atom stereocenters. The maximum Gasteiger partial charge on any atom is 0.274 e. The van der Waals surface area contributed by atoms with E-state index in [9.17, 15) is 14.0 Å². The summed E-state index contributed by atoms with van der Waals surface area (Å²) >= 11 is 6.08. The highest BCUT2D eigenvalue weighted by molar-refractivity contribution is 6.33. The van der Waals surface area contributed by atoms with Gasteiger partial charge in [0, 0.05) is 62.5 Å². The van der Waals surface area contributed by atoms with Gasteiger partial charge in [-0.05, 0) is 47.9 Å². The minimum absolute atomic E-state index is 0.0240. The summed E-state index contributed by atoms with van der Waals surface area (Å²) in [4.78, 5) is 35.8. The minimum atomic E-state index is -0.427. The Balaban J connectivity index is 1.60. The number of aromatic nitrogens is 2. The van der Waals surface area contributed by atoms with Gasteiger partial charge in [-0.1, -0.05) is 11.6 Å². The molecule has 0 saturated carbocycles. The van der Waals surface area contributed by atoms with Crippen LogP contribution in [0.25, 0.3) is 11.1 Å². The number of pyridine rings is 2. The van der Waals surface area contributed by atoms with Crippen LogP contribution in [-0.2, 0) is 17.8 Å². The second kappa shape index (κ2) is 8.43. The van der Waals surface area contributed by atoms with Crippen LogP contribution in [0, 0.1) is 5.82 Å². The van der Waals surface area contributed by atoms with Gasteiger partial charge >= 0.3 is 0 Å². The van der Waals surface area contributed by atoms with E-state index in [1.807, 2.05) is 0 Å². The molecule has 0 aliphatic carbocycles. The van der Waals surface area contributed by atoms with Gasteiger partial charge in [-0.2, -0.15) is 0 Å². The first-order chi connectivity index (χ1) is 14.8. The van der Waals surface area contributed by atoms with E-state index < -0.39 is 5.82 Å². The van der Waals surface area contributed by atoms with E-state index in [-0.39, 0.29) is 29.1 Å². The molecule has 1 aromatic carbocycles. The van der Waals surface area contributed by atoms with Crippen molar-refractivity contribution >= 4 is 29.1 Å². The second-order valence-electron chi connectivity index (χ2n) is 7.49.